The summed E-state index contributed by atoms with van der Waals surface area (Å²) in [6.45, 7) is 8.36. The van der Waals surface area contributed by atoms with Crippen LogP contribution in [0, 0.1) is 0 Å². The number of rotatable bonds is 13. The number of nitrogens with one attached hydrogen (secondary N) is 2. The van der Waals surface area contributed by atoms with Crippen molar-refractivity contribution in [3.63, 3.8) is 0 Å². The van der Waals surface area contributed by atoms with E-state index in [9.17, 15) is 9.59 Å². The molecule has 13 heteroatoms. The number of nitrogens with two attached hydrogens (primary N) is 1. The maximum absolute atomic E-state index is 12.7. The minimum atomic E-state index is -0.315. The topological polar surface area (TPSA) is 153 Å². The SMILES string of the molecule is COC(=O)Cc1cccc(OCCN2CCN(Cc3ccc(Cn4c(=O)[nH]c5c(N)nc(NC(C)OC)nc54)cc3)CC2)c1. The maximum atomic E-state index is 12.7. The smallest absolute Gasteiger partial charge is 0.328 e. The van der Waals surface area contributed by atoms with Crippen molar-refractivity contribution < 1.29 is 19.0 Å². The van der Waals surface area contributed by atoms with E-state index in [1.54, 1.807) is 11.7 Å². The molecule has 4 N–H and O–H groups in total. The lowest BCUT2D eigenvalue weighted by Crippen LogP contribution is -2.47. The first-order valence-electron chi connectivity index (χ1n) is 14.7. The molecule has 0 aliphatic carbocycles. The van der Waals surface area contributed by atoms with Crippen molar-refractivity contribution in [1.82, 2.24) is 29.3 Å². The molecule has 234 valence electrons. The van der Waals surface area contributed by atoms with Crippen LogP contribution in [-0.2, 0) is 33.8 Å². The number of imidazole rings is 1. The highest BCUT2D eigenvalue weighted by Crippen LogP contribution is 2.19. The molecule has 0 spiro atoms. The number of hydrogen-bond acceptors (Lipinski definition) is 11. The minimum absolute atomic E-state index is 0.196. The molecule has 5 rings (SSSR count). The Kier molecular flexibility index (Phi) is 10.1. The molecule has 4 aromatic rings. The number of nitrogen functional groups attached to an aromatic ring is 1. The van der Waals surface area contributed by atoms with Crippen LogP contribution in [0.2, 0.25) is 0 Å². The molecular weight excluding hydrogens is 564 g/mol. The average molecular weight is 605 g/mol. The molecule has 0 bridgehead atoms. The van der Waals surface area contributed by atoms with Crippen LogP contribution in [-0.4, -0.2) is 95.1 Å². The molecule has 3 heterocycles. The zero-order chi connectivity index (χ0) is 31.1. The van der Waals surface area contributed by atoms with E-state index in [4.69, 9.17) is 19.9 Å². The number of ether oxygens (including phenoxy) is 3. The van der Waals surface area contributed by atoms with Crippen LogP contribution < -0.4 is 21.5 Å². The molecule has 0 radical (unpaired) electrons. The standard InChI is InChI=1S/C31H40N8O5/c1-21(42-2)33-30-35-28(32)27-29(36-30)39(31(41)34-27)20-23-9-7-22(8-10-23)19-38-13-11-37(12-14-38)15-16-44-25-6-4-5-24(17-25)18-26(40)43-3/h4-10,17,21H,11-16,18-20H2,1-3H3,(H,34,41)(H3,32,33,35,36). The molecule has 44 heavy (non-hydrogen) atoms. The number of piperazine rings is 1. The van der Waals surface area contributed by atoms with Crippen LogP contribution in [0.4, 0.5) is 11.8 Å². The van der Waals surface area contributed by atoms with Gasteiger partial charge in [-0.25, -0.2) is 4.79 Å². The number of benzene rings is 2. The third-order valence-electron chi connectivity index (χ3n) is 7.72. The van der Waals surface area contributed by atoms with Gasteiger partial charge in [-0.3, -0.25) is 19.2 Å². The van der Waals surface area contributed by atoms with Crippen molar-refractivity contribution in [2.75, 3.05) is 64.6 Å². The van der Waals surface area contributed by atoms with E-state index in [2.05, 4.69) is 42.2 Å². The van der Waals surface area contributed by atoms with E-state index in [1.165, 1.54) is 12.7 Å². The van der Waals surface area contributed by atoms with Crippen LogP contribution in [0.25, 0.3) is 11.2 Å². The van der Waals surface area contributed by atoms with Gasteiger partial charge in [-0.2, -0.15) is 9.97 Å². The number of nitrogens with zero attached hydrogens (tertiary/aromatic N) is 5. The summed E-state index contributed by atoms with van der Waals surface area (Å²) >= 11 is 0. The third kappa shape index (κ3) is 7.92. The Morgan fingerprint density at radius 1 is 1.00 bits per heavy atom. The molecule has 1 unspecified atom stereocenters. The van der Waals surface area contributed by atoms with Gasteiger partial charge in [-0.15, -0.1) is 0 Å². The second-order valence-corrected chi connectivity index (χ2v) is 10.9. The first kappa shape index (κ1) is 31.0. The molecule has 13 nitrogen and oxygen atoms in total. The summed E-state index contributed by atoms with van der Waals surface area (Å²) in [4.78, 5) is 40.6. The lowest BCUT2D eigenvalue weighted by atomic mass is 10.1. The van der Waals surface area contributed by atoms with Gasteiger partial charge in [0.1, 0.15) is 24.1 Å². The maximum Gasteiger partial charge on any atom is 0.328 e. The van der Waals surface area contributed by atoms with Gasteiger partial charge in [0.25, 0.3) is 0 Å². The average Bonchev–Trinajstić information content (AvgIpc) is 3.34. The minimum Gasteiger partial charge on any atom is -0.492 e. The Morgan fingerprint density at radius 2 is 1.70 bits per heavy atom. The first-order chi connectivity index (χ1) is 21.3. The molecule has 1 atom stereocenters. The van der Waals surface area contributed by atoms with Gasteiger partial charge in [0.2, 0.25) is 5.95 Å². The Hall–Kier alpha value is -4.46. The Labute approximate surface area is 255 Å². The summed E-state index contributed by atoms with van der Waals surface area (Å²) in [5.41, 5.74) is 9.73. The second-order valence-electron chi connectivity index (χ2n) is 10.9. The number of fused-ring (bicyclic) bond motifs is 1. The van der Waals surface area contributed by atoms with Crippen molar-refractivity contribution in [3.05, 3.63) is 75.7 Å². The monoisotopic (exact) mass is 604 g/mol. The first-order valence-corrected chi connectivity index (χ1v) is 14.7. The number of aromatic nitrogens is 4. The van der Waals surface area contributed by atoms with Gasteiger partial charge in [0, 0.05) is 46.4 Å². The summed E-state index contributed by atoms with van der Waals surface area (Å²) in [7, 11) is 2.97. The molecule has 2 aromatic carbocycles. The van der Waals surface area contributed by atoms with E-state index in [0.717, 1.165) is 56.1 Å². The number of esters is 1. The van der Waals surface area contributed by atoms with Crippen molar-refractivity contribution in [3.8, 4) is 5.75 Å². The van der Waals surface area contributed by atoms with Crippen LogP contribution in [0.1, 0.15) is 23.6 Å². The molecule has 1 aliphatic rings. The van der Waals surface area contributed by atoms with E-state index < -0.39 is 0 Å². The normalized spacial score (nSPS) is 14.9. The van der Waals surface area contributed by atoms with E-state index in [-0.39, 0.29) is 30.1 Å². The van der Waals surface area contributed by atoms with Crippen molar-refractivity contribution in [2.24, 2.45) is 0 Å². The summed E-state index contributed by atoms with van der Waals surface area (Å²) in [6, 6.07) is 15.9. The lowest BCUT2D eigenvalue weighted by molar-refractivity contribution is -0.139. The molecule has 1 saturated heterocycles. The van der Waals surface area contributed by atoms with Crippen molar-refractivity contribution in [1.29, 1.82) is 0 Å². The van der Waals surface area contributed by atoms with Crippen molar-refractivity contribution in [2.45, 2.75) is 32.7 Å². The van der Waals surface area contributed by atoms with Crippen LogP contribution in [0.3, 0.4) is 0 Å². The number of H-pyrrole nitrogens is 1. The van der Waals surface area contributed by atoms with Crippen LogP contribution >= 0.6 is 0 Å². The van der Waals surface area contributed by atoms with Crippen LogP contribution in [0.15, 0.2) is 53.3 Å². The predicted octanol–water partition coefficient (Wildman–Crippen LogP) is 2.07. The molecule has 0 saturated carbocycles. The highest BCUT2D eigenvalue weighted by Gasteiger charge is 2.18. The molecule has 1 fully saturated rings. The quantitative estimate of drug-likeness (QED) is 0.152. The van der Waals surface area contributed by atoms with Crippen LogP contribution in [0.5, 0.6) is 5.75 Å². The lowest BCUT2D eigenvalue weighted by Gasteiger charge is -2.34. The number of carbonyl (C=O) groups is 1. The Morgan fingerprint density at radius 3 is 2.41 bits per heavy atom. The highest BCUT2D eigenvalue weighted by molar-refractivity contribution is 5.83. The summed E-state index contributed by atoms with van der Waals surface area (Å²) in [5, 5.41) is 3.02. The Bertz CT molecular complexity index is 1610. The fourth-order valence-corrected chi connectivity index (χ4v) is 5.14. The Balaban J connectivity index is 1.10. The number of carbonyl (C=O) groups excluding carboxylic acids is 1. The molecule has 0 amide bonds. The van der Waals surface area contributed by atoms with Crippen molar-refractivity contribution >= 4 is 28.9 Å². The van der Waals surface area contributed by atoms with E-state index in [1.807, 2.05) is 43.3 Å². The fraction of sp³-hybridized carbons (Fsp3) is 0.419. The number of hydrogen-bond donors (Lipinski definition) is 3. The number of anilines is 2. The molecular formula is C31H40N8O5. The molecule has 2 aromatic heterocycles. The van der Waals surface area contributed by atoms with Gasteiger partial charge in [-0.05, 0) is 35.7 Å². The van der Waals surface area contributed by atoms with Gasteiger partial charge >= 0.3 is 11.7 Å². The van der Waals surface area contributed by atoms with Gasteiger partial charge in [0.05, 0.1) is 20.1 Å². The highest BCUT2D eigenvalue weighted by atomic mass is 16.5. The molecule has 1 aliphatic heterocycles. The predicted molar refractivity (Wildman–Crippen MR) is 168 cm³/mol. The van der Waals surface area contributed by atoms with E-state index >= 15 is 0 Å². The summed E-state index contributed by atoms with van der Waals surface area (Å²) < 4.78 is 17.5. The summed E-state index contributed by atoms with van der Waals surface area (Å²) in [5.74, 6) is 0.989. The van der Waals surface area contributed by atoms with Gasteiger partial charge in [-0.1, -0.05) is 36.4 Å². The zero-order valence-electron chi connectivity index (χ0n) is 25.4. The third-order valence-corrected chi connectivity index (χ3v) is 7.72. The van der Waals surface area contributed by atoms with E-state index in [0.29, 0.717) is 30.3 Å². The fourth-order valence-electron chi connectivity index (χ4n) is 5.14. The zero-order valence-corrected chi connectivity index (χ0v) is 25.4. The summed E-state index contributed by atoms with van der Waals surface area (Å²) in [6.07, 6.45) is -0.0771. The van der Waals surface area contributed by atoms with Gasteiger partial charge < -0.3 is 30.2 Å². The van der Waals surface area contributed by atoms with Gasteiger partial charge in [0.15, 0.2) is 11.5 Å². The second kappa shape index (κ2) is 14.3. The number of methoxy groups -OCH3 is 2. The largest absolute Gasteiger partial charge is 0.492 e. The number of aromatic amines is 1.